The predicted molar refractivity (Wildman–Crippen MR) is 298 cm³/mol. The molecule has 0 aliphatic rings. The van der Waals surface area contributed by atoms with Gasteiger partial charge in [0.2, 0.25) is 0 Å². The van der Waals surface area contributed by atoms with E-state index in [1.165, 1.54) is 22.3 Å². The SMILES string of the molecule is CCN=[P@@](N=P(/N=[PH](/Oc1ccccc1)Oc1ccc(C(C)(C)c2ccc(C)cc2)cc1)(Oc1ccccc1)Oc1ccccc1)(Oc1ccccc1)C(C)Oc1ccc(C(C)(C)c2ccc(C)cc2)cc1. The molecule has 8 aromatic rings. The van der Waals surface area contributed by atoms with Gasteiger partial charge in [0.05, 0.1) is 0 Å². The second kappa shape index (κ2) is 23.2. The minimum Gasteiger partial charge on any atom is -0.479 e. The Kier molecular flexibility index (Phi) is 16.6. The Labute approximate surface area is 427 Å². The maximum absolute atomic E-state index is 7.15. The van der Waals surface area contributed by atoms with Gasteiger partial charge in [-0.25, -0.2) is 4.74 Å². The summed E-state index contributed by atoms with van der Waals surface area (Å²) >= 11 is 0. The highest BCUT2D eigenvalue weighted by molar-refractivity contribution is 7.72. The van der Waals surface area contributed by atoms with Gasteiger partial charge < -0.3 is 27.4 Å². The van der Waals surface area contributed by atoms with E-state index in [1.807, 2.05) is 159 Å². The number of benzene rings is 8. The Bertz CT molecular complexity index is 3090. The molecule has 72 heavy (non-hydrogen) atoms. The minimum atomic E-state index is -4.07. The van der Waals surface area contributed by atoms with Crippen LogP contribution in [0.4, 0.5) is 0 Å². The van der Waals surface area contributed by atoms with Crippen LogP contribution >= 0.6 is 23.3 Å². The van der Waals surface area contributed by atoms with Crippen LogP contribution in [0.15, 0.2) is 232 Å². The van der Waals surface area contributed by atoms with E-state index in [1.54, 1.807) is 0 Å². The number of para-hydroxylation sites is 4. The third-order valence-electron chi connectivity index (χ3n) is 12.3. The van der Waals surface area contributed by atoms with E-state index >= 15 is 0 Å². The molecule has 9 nitrogen and oxygen atoms in total. The fourth-order valence-corrected chi connectivity index (χ4v) is 15.6. The molecule has 0 aliphatic heterocycles. The lowest BCUT2D eigenvalue weighted by atomic mass is 9.78. The van der Waals surface area contributed by atoms with E-state index in [0.717, 1.165) is 11.1 Å². The van der Waals surface area contributed by atoms with Crippen LogP contribution in [0.5, 0.6) is 34.5 Å². The molecule has 8 rings (SSSR count). The van der Waals surface area contributed by atoms with Gasteiger partial charge >= 0.3 is 15.8 Å². The number of aryl methyl sites for hydroxylation is 2. The monoisotopic (exact) mass is 1020 g/mol. The highest BCUT2D eigenvalue weighted by Gasteiger charge is 2.40. The van der Waals surface area contributed by atoms with Crippen LogP contribution < -0.4 is 27.4 Å². The summed E-state index contributed by atoms with van der Waals surface area (Å²) in [4.78, 5) is 0. The van der Waals surface area contributed by atoms with E-state index in [9.17, 15) is 0 Å². The summed E-state index contributed by atoms with van der Waals surface area (Å²) in [5.41, 5.74) is 6.61. The predicted octanol–water partition coefficient (Wildman–Crippen LogP) is 18.3. The molecule has 0 N–H and O–H groups in total. The fraction of sp³-hybridized carbons (Fsp3) is 0.200. The van der Waals surface area contributed by atoms with E-state index in [4.69, 9.17) is 41.1 Å². The molecule has 0 amide bonds. The molecular weight excluding hydrogens is 952 g/mol. The Balaban J connectivity index is 1.30. The average molecular weight is 1020 g/mol. The summed E-state index contributed by atoms with van der Waals surface area (Å²) in [5, 5.41) is 0. The molecular formula is C60H64N3O6P3. The summed E-state index contributed by atoms with van der Waals surface area (Å²) in [5.74, 6) is 2.42. The molecule has 2 unspecified atom stereocenters. The van der Waals surface area contributed by atoms with Crippen molar-refractivity contribution >= 4 is 23.3 Å². The summed E-state index contributed by atoms with van der Waals surface area (Å²) in [6.45, 7) is 17.3. The standard InChI is InChI=1S/C60H64N3O6P3/c1-9-61-71(67-56-24-16-11-17-25-56,48(4)64-53-42-38-51(39-43-53)59(5,6)49-34-30-46(2)31-35-49)63-72(68-57-26-18-12-19-27-57,69-58-28-20-13-21-29-58)62-70(65-54-22-14-10-15-23-54)66-55-44-40-52(41-45-55)60(7,8)50-36-32-47(3)33-37-50/h10-45,48,70H,9H2,1-8H3/t48?,71-/m0/s1. The Hall–Kier alpha value is -6.75. The molecule has 0 aromatic heterocycles. The van der Waals surface area contributed by atoms with Crippen molar-refractivity contribution in [3.8, 4) is 34.5 Å². The highest BCUT2D eigenvalue weighted by Crippen LogP contribution is 2.69. The quantitative estimate of drug-likeness (QED) is 0.0706. The Morgan fingerprint density at radius 3 is 1.15 bits per heavy atom. The van der Waals surface area contributed by atoms with Gasteiger partial charge in [0.1, 0.15) is 34.5 Å². The Morgan fingerprint density at radius 2 is 0.764 bits per heavy atom. The lowest BCUT2D eigenvalue weighted by molar-refractivity contribution is 0.287. The van der Waals surface area contributed by atoms with Crippen LogP contribution in [-0.4, -0.2) is 12.4 Å². The normalized spacial score (nSPS) is 13.4. The minimum absolute atomic E-state index is 0.254. The van der Waals surface area contributed by atoms with Crippen molar-refractivity contribution in [3.63, 3.8) is 0 Å². The first-order valence-electron chi connectivity index (χ1n) is 24.2. The zero-order valence-corrected chi connectivity index (χ0v) is 45.0. The molecule has 0 saturated heterocycles. The number of nitrogens with zero attached hydrogens (tertiary/aromatic N) is 3. The van der Waals surface area contributed by atoms with Crippen LogP contribution in [0.1, 0.15) is 74.9 Å². The van der Waals surface area contributed by atoms with E-state index < -0.39 is 29.1 Å². The van der Waals surface area contributed by atoms with Gasteiger partial charge in [0.25, 0.3) is 7.43 Å². The van der Waals surface area contributed by atoms with Crippen molar-refractivity contribution < 1.29 is 27.4 Å². The molecule has 0 radical (unpaired) electrons. The highest BCUT2D eigenvalue weighted by atomic mass is 31.2. The second-order valence-electron chi connectivity index (χ2n) is 18.5. The van der Waals surface area contributed by atoms with Gasteiger partial charge in [0, 0.05) is 17.4 Å². The molecule has 12 heteroatoms. The van der Waals surface area contributed by atoms with Crippen LogP contribution in [0.25, 0.3) is 0 Å². The number of rotatable bonds is 20. The summed E-state index contributed by atoms with van der Waals surface area (Å²) in [6, 6.07) is 71.5. The lowest BCUT2D eigenvalue weighted by Gasteiger charge is -2.31. The summed E-state index contributed by atoms with van der Waals surface area (Å²) < 4.78 is 58.5. The van der Waals surface area contributed by atoms with Gasteiger partial charge in [-0.15, -0.1) is 9.03 Å². The summed E-state index contributed by atoms with van der Waals surface area (Å²) in [6.07, 6.45) is 0. The number of hydrogen-bond acceptors (Lipinski definition) is 7. The first-order valence-corrected chi connectivity index (χ1v) is 28.7. The third kappa shape index (κ3) is 13.0. The van der Waals surface area contributed by atoms with E-state index in [2.05, 4.69) is 114 Å². The smallest absolute Gasteiger partial charge is 0.456 e. The molecule has 0 fully saturated rings. The zero-order valence-electron chi connectivity index (χ0n) is 42.3. The van der Waals surface area contributed by atoms with Crippen LogP contribution in [-0.2, 0) is 10.8 Å². The molecule has 0 bridgehead atoms. The van der Waals surface area contributed by atoms with Crippen LogP contribution in [0.3, 0.4) is 0 Å². The van der Waals surface area contributed by atoms with E-state index in [0.29, 0.717) is 41.0 Å². The molecule has 370 valence electrons. The van der Waals surface area contributed by atoms with Crippen molar-refractivity contribution in [2.75, 3.05) is 6.54 Å². The average Bonchev–Trinajstić information content (AvgIpc) is 3.38. The van der Waals surface area contributed by atoms with Crippen molar-refractivity contribution in [2.45, 2.75) is 72.1 Å². The number of hydrogen-bond donors (Lipinski definition) is 0. The summed E-state index contributed by atoms with van der Waals surface area (Å²) in [7, 11) is -10.5. The molecule has 0 saturated carbocycles. The van der Waals surface area contributed by atoms with Crippen molar-refractivity contribution in [2.24, 2.45) is 13.8 Å². The Morgan fingerprint density at radius 1 is 0.431 bits per heavy atom. The molecule has 0 heterocycles. The van der Waals surface area contributed by atoms with Crippen LogP contribution in [0.2, 0.25) is 0 Å². The fourth-order valence-electron chi connectivity index (χ4n) is 7.98. The maximum atomic E-state index is 7.15. The van der Waals surface area contributed by atoms with Gasteiger partial charge in [-0.1, -0.05) is 184 Å². The number of ether oxygens (including phenoxy) is 1. The largest absolute Gasteiger partial charge is 0.479 e. The first-order chi connectivity index (χ1) is 34.7. The lowest BCUT2D eigenvalue weighted by Crippen LogP contribution is -2.19. The van der Waals surface area contributed by atoms with Gasteiger partial charge in [-0.05, 0) is 123 Å². The molecule has 0 aliphatic carbocycles. The van der Waals surface area contributed by atoms with E-state index in [-0.39, 0.29) is 10.8 Å². The maximum Gasteiger partial charge on any atom is 0.456 e. The van der Waals surface area contributed by atoms with Gasteiger partial charge in [-0.2, -0.15) is 0 Å². The topological polar surface area (TPSA) is 92.5 Å². The molecule has 0 spiro atoms. The molecule has 3 atom stereocenters. The molecule has 8 aromatic carbocycles. The zero-order chi connectivity index (χ0) is 50.6. The first kappa shape index (κ1) is 51.6. The van der Waals surface area contributed by atoms with Crippen LogP contribution in [0, 0.1) is 13.8 Å². The van der Waals surface area contributed by atoms with Crippen molar-refractivity contribution in [3.05, 3.63) is 252 Å². The van der Waals surface area contributed by atoms with Crippen molar-refractivity contribution in [1.29, 1.82) is 0 Å². The van der Waals surface area contributed by atoms with Crippen molar-refractivity contribution in [1.82, 2.24) is 0 Å². The van der Waals surface area contributed by atoms with Gasteiger partial charge in [-0.3, -0.25) is 0 Å². The second-order valence-corrected chi connectivity index (χ2v) is 24.6. The third-order valence-corrected chi connectivity index (χ3v) is 19.9. The van der Waals surface area contributed by atoms with Gasteiger partial charge in [0.15, 0.2) is 5.85 Å².